The fourth-order valence-electron chi connectivity index (χ4n) is 1.70. The molecule has 0 atom stereocenters. The number of nitrogens with zero attached hydrogens (tertiary/aromatic N) is 3. The van der Waals surface area contributed by atoms with E-state index in [1.807, 2.05) is 0 Å². The van der Waals surface area contributed by atoms with Crippen LogP contribution in [0.25, 0.3) is 0 Å². The van der Waals surface area contributed by atoms with E-state index in [2.05, 4.69) is 9.97 Å². The van der Waals surface area contributed by atoms with Crippen molar-refractivity contribution in [2.45, 2.75) is 32.0 Å². The Morgan fingerprint density at radius 1 is 1.41 bits per heavy atom. The maximum atomic E-state index is 12.5. The lowest BCUT2D eigenvalue weighted by Crippen LogP contribution is -2.36. The van der Waals surface area contributed by atoms with E-state index in [0.717, 1.165) is 12.8 Å². The van der Waals surface area contributed by atoms with Crippen molar-refractivity contribution in [3.63, 3.8) is 0 Å². The lowest BCUT2D eigenvalue weighted by atomic mass is 10.3. The van der Waals surface area contributed by atoms with E-state index in [1.165, 1.54) is 11.0 Å². The second kappa shape index (κ2) is 4.05. The molecular weight excluding hydrogens is 233 g/mol. The highest BCUT2D eigenvalue weighted by Crippen LogP contribution is 2.33. The lowest BCUT2D eigenvalue weighted by Gasteiger charge is -2.24. The minimum atomic E-state index is -4.24. The van der Waals surface area contributed by atoms with E-state index in [-0.39, 0.29) is 17.8 Å². The van der Waals surface area contributed by atoms with Gasteiger partial charge in [-0.1, -0.05) is 0 Å². The minimum Gasteiger partial charge on any atom is -0.368 e. The van der Waals surface area contributed by atoms with E-state index in [9.17, 15) is 13.2 Å². The first-order valence-electron chi connectivity index (χ1n) is 5.30. The van der Waals surface area contributed by atoms with Gasteiger partial charge in [-0.25, -0.2) is 4.98 Å². The fourth-order valence-corrected chi connectivity index (χ4v) is 1.70. The van der Waals surface area contributed by atoms with Crippen LogP contribution in [0.5, 0.6) is 0 Å². The van der Waals surface area contributed by atoms with Crippen molar-refractivity contribution in [1.82, 2.24) is 9.97 Å². The average molecular weight is 246 g/mol. The number of rotatable bonds is 3. The molecule has 2 rings (SSSR count). The summed E-state index contributed by atoms with van der Waals surface area (Å²) < 4.78 is 37.4. The molecule has 1 fully saturated rings. The first-order valence-corrected chi connectivity index (χ1v) is 5.30. The molecule has 0 spiro atoms. The Morgan fingerprint density at radius 2 is 2.06 bits per heavy atom. The maximum absolute atomic E-state index is 12.5. The second-order valence-corrected chi connectivity index (χ2v) is 4.20. The van der Waals surface area contributed by atoms with Gasteiger partial charge >= 0.3 is 6.18 Å². The Kier molecular flexibility index (Phi) is 2.84. The summed E-state index contributed by atoms with van der Waals surface area (Å²) in [6.07, 6.45) is -2.71. The van der Waals surface area contributed by atoms with Gasteiger partial charge in [0.15, 0.2) is 0 Å². The topological polar surface area (TPSA) is 55.0 Å². The van der Waals surface area contributed by atoms with E-state index in [4.69, 9.17) is 5.73 Å². The van der Waals surface area contributed by atoms with Crippen molar-refractivity contribution in [2.75, 3.05) is 17.2 Å². The molecule has 4 nitrogen and oxygen atoms in total. The Labute approximate surface area is 96.7 Å². The van der Waals surface area contributed by atoms with E-state index in [1.54, 1.807) is 6.92 Å². The van der Waals surface area contributed by atoms with Crippen molar-refractivity contribution in [2.24, 2.45) is 0 Å². The van der Waals surface area contributed by atoms with Crippen molar-refractivity contribution in [1.29, 1.82) is 0 Å². The molecule has 0 amide bonds. The molecule has 0 unspecified atom stereocenters. The number of aryl methyl sites for hydroxylation is 1. The highest BCUT2D eigenvalue weighted by molar-refractivity contribution is 5.45. The van der Waals surface area contributed by atoms with E-state index >= 15 is 0 Å². The van der Waals surface area contributed by atoms with Crippen LogP contribution in [-0.4, -0.2) is 28.7 Å². The predicted molar refractivity (Wildman–Crippen MR) is 57.6 cm³/mol. The normalized spacial score (nSPS) is 16.0. The zero-order valence-electron chi connectivity index (χ0n) is 9.33. The molecule has 1 saturated carbocycles. The third-order valence-corrected chi connectivity index (χ3v) is 2.49. The number of aromatic nitrogens is 2. The molecule has 1 aromatic heterocycles. The first-order chi connectivity index (χ1) is 7.85. The minimum absolute atomic E-state index is 0.00724. The molecule has 0 saturated heterocycles. The molecule has 0 aromatic carbocycles. The molecule has 0 aliphatic heterocycles. The first kappa shape index (κ1) is 11.9. The molecular formula is C10H13F3N4. The summed E-state index contributed by atoms with van der Waals surface area (Å²) in [6, 6.07) is 1.45. The van der Waals surface area contributed by atoms with Crippen LogP contribution in [0.15, 0.2) is 6.07 Å². The monoisotopic (exact) mass is 246 g/mol. The van der Waals surface area contributed by atoms with Crippen molar-refractivity contribution in [3.8, 4) is 0 Å². The van der Waals surface area contributed by atoms with Gasteiger partial charge in [-0.2, -0.15) is 18.2 Å². The van der Waals surface area contributed by atoms with Gasteiger partial charge in [-0.3, -0.25) is 0 Å². The van der Waals surface area contributed by atoms with Crippen LogP contribution in [0.3, 0.4) is 0 Å². The van der Waals surface area contributed by atoms with Crippen LogP contribution in [0.1, 0.15) is 18.5 Å². The Morgan fingerprint density at radius 3 is 2.53 bits per heavy atom. The predicted octanol–water partition coefficient (Wildman–Crippen LogP) is 1.90. The average Bonchev–Trinajstić information content (AvgIpc) is 2.94. The largest absolute Gasteiger partial charge is 0.405 e. The van der Waals surface area contributed by atoms with Gasteiger partial charge in [0, 0.05) is 17.8 Å². The lowest BCUT2D eigenvalue weighted by molar-refractivity contribution is -0.120. The summed E-state index contributed by atoms with van der Waals surface area (Å²) in [6.45, 7) is 0.688. The molecule has 0 radical (unpaired) electrons. The fraction of sp³-hybridized carbons (Fsp3) is 0.600. The highest BCUT2D eigenvalue weighted by atomic mass is 19.4. The number of hydrogen-bond donors (Lipinski definition) is 1. The zero-order chi connectivity index (χ0) is 12.6. The molecule has 17 heavy (non-hydrogen) atoms. The number of nitrogen functional groups attached to an aromatic ring is 1. The van der Waals surface area contributed by atoms with Gasteiger partial charge in [0.2, 0.25) is 5.95 Å². The summed E-state index contributed by atoms with van der Waals surface area (Å²) in [5.74, 6) is 0.266. The molecule has 1 aliphatic rings. The van der Waals surface area contributed by atoms with Crippen LogP contribution in [0.2, 0.25) is 0 Å². The number of alkyl halides is 3. The number of hydrogen-bond acceptors (Lipinski definition) is 4. The Hall–Kier alpha value is -1.53. The van der Waals surface area contributed by atoms with Gasteiger partial charge in [-0.15, -0.1) is 0 Å². The third kappa shape index (κ3) is 3.21. The molecule has 0 bridgehead atoms. The molecule has 1 heterocycles. The van der Waals surface area contributed by atoms with Crippen LogP contribution < -0.4 is 10.6 Å². The molecule has 1 aliphatic carbocycles. The van der Waals surface area contributed by atoms with Crippen LogP contribution in [0, 0.1) is 6.92 Å². The van der Waals surface area contributed by atoms with E-state index in [0.29, 0.717) is 5.69 Å². The van der Waals surface area contributed by atoms with Crippen molar-refractivity contribution >= 4 is 11.8 Å². The summed E-state index contributed by atoms with van der Waals surface area (Å²) in [5, 5.41) is 0. The summed E-state index contributed by atoms with van der Waals surface area (Å²) >= 11 is 0. The van der Waals surface area contributed by atoms with E-state index < -0.39 is 12.7 Å². The summed E-state index contributed by atoms with van der Waals surface area (Å²) in [4.78, 5) is 8.98. The van der Waals surface area contributed by atoms with Gasteiger partial charge in [0.05, 0.1) is 0 Å². The van der Waals surface area contributed by atoms with Crippen LogP contribution in [-0.2, 0) is 0 Å². The van der Waals surface area contributed by atoms with Crippen molar-refractivity contribution < 1.29 is 13.2 Å². The number of anilines is 2. The van der Waals surface area contributed by atoms with Gasteiger partial charge in [0.1, 0.15) is 12.4 Å². The van der Waals surface area contributed by atoms with Crippen LogP contribution >= 0.6 is 0 Å². The van der Waals surface area contributed by atoms with Gasteiger partial charge in [-0.05, 0) is 19.8 Å². The SMILES string of the molecule is Cc1cc(N(CC(F)(F)F)C2CC2)nc(N)n1. The Balaban J connectivity index is 2.26. The number of halogens is 3. The molecule has 2 N–H and O–H groups in total. The molecule has 94 valence electrons. The van der Waals surface area contributed by atoms with Crippen molar-refractivity contribution in [3.05, 3.63) is 11.8 Å². The Bertz CT molecular complexity index is 394. The smallest absolute Gasteiger partial charge is 0.368 e. The highest BCUT2D eigenvalue weighted by Gasteiger charge is 2.38. The van der Waals surface area contributed by atoms with Gasteiger partial charge in [0.25, 0.3) is 0 Å². The second-order valence-electron chi connectivity index (χ2n) is 4.20. The molecule has 1 aromatic rings. The summed E-state index contributed by atoms with van der Waals surface area (Å²) in [7, 11) is 0. The van der Waals surface area contributed by atoms with Gasteiger partial charge < -0.3 is 10.6 Å². The summed E-state index contributed by atoms with van der Waals surface area (Å²) in [5.41, 5.74) is 6.02. The quantitative estimate of drug-likeness (QED) is 0.885. The third-order valence-electron chi connectivity index (χ3n) is 2.49. The molecule has 7 heteroatoms. The van der Waals surface area contributed by atoms with Crippen LogP contribution in [0.4, 0.5) is 24.9 Å². The maximum Gasteiger partial charge on any atom is 0.405 e. The number of nitrogens with two attached hydrogens (primary N) is 1. The standard InChI is InChI=1S/C10H13F3N4/c1-6-4-8(16-9(14)15-6)17(7-2-3-7)5-10(11,12)13/h4,7H,2-3,5H2,1H3,(H2,14,15,16). The zero-order valence-corrected chi connectivity index (χ0v) is 9.33.